The lowest BCUT2D eigenvalue weighted by Gasteiger charge is -2.33. The molecule has 1 aliphatic rings. The van der Waals surface area contributed by atoms with Gasteiger partial charge in [-0.3, -0.25) is 0 Å². The van der Waals surface area contributed by atoms with Gasteiger partial charge in [0.25, 0.3) is 0 Å². The second kappa shape index (κ2) is 3.88. The van der Waals surface area contributed by atoms with Crippen molar-refractivity contribution < 1.29 is 13.9 Å². The number of likely N-dealkylation sites (N-methyl/N-ethyl adjacent to an activating group) is 1. The highest BCUT2D eigenvalue weighted by molar-refractivity contribution is 5.61. The lowest BCUT2D eigenvalue weighted by atomic mass is 10.1. The number of ether oxygens (including phenoxy) is 1. The summed E-state index contributed by atoms with van der Waals surface area (Å²) in [5, 5.41) is 0. The zero-order valence-electron chi connectivity index (χ0n) is 8.44. The predicted octanol–water partition coefficient (Wildman–Crippen LogP) is 1.61. The highest BCUT2D eigenvalue weighted by Crippen LogP contribution is 2.33. The van der Waals surface area contributed by atoms with Crippen LogP contribution in [-0.4, -0.2) is 26.0 Å². The number of aldehydes is 1. The number of carbonyl (C=O) groups excluding carboxylic acids is 1. The highest BCUT2D eigenvalue weighted by atomic mass is 19.1. The van der Waals surface area contributed by atoms with Crippen LogP contribution in [0, 0.1) is 5.82 Å². The lowest BCUT2D eigenvalue weighted by Crippen LogP contribution is -2.37. The van der Waals surface area contributed by atoms with Crippen LogP contribution in [0.5, 0.6) is 5.75 Å². The van der Waals surface area contributed by atoms with Gasteiger partial charge in [-0.1, -0.05) is 0 Å². The van der Waals surface area contributed by atoms with Gasteiger partial charge in [0, 0.05) is 19.5 Å². The topological polar surface area (TPSA) is 29.5 Å². The Morgan fingerprint density at radius 1 is 1.67 bits per heavy atom. The van der Waals surface area contributed by atoms with Gasteiger partial charge in [-0.25, -0.2) is 4.39 Å². The van der Waals surface area contributed by atoms with Gasteiger partial charge in [0.2, 0.25) is 0 Å². The first kappa shape index (κ1) is 9.96. The molecule has 1 aromatic carbocycles. The Hall–Kier alpha value is -1.58. The number of hydrogen-bond donors (Lipinski definition) is 0. The number of carbonyl (C=O) groups is 1. The maximum Gasteiger partial charge on any atom is 0.143 e. The Balaban J connectivity index is 2.28. The van der Waals surface area contributed by atoms with Crippen LogP contribution in [-0.2, 0) is 4.79 Å². The summed E-state index contributed by atoms with van der Waals surface area (Å²) < 4.78 is 18.5. The lowest BCUT2D eigenvalue weighted by molar-refractivity contribution is -0.109. The fourth-order valence-corrected chi connectivity index (χ4v) is 1.74. The first-order valence-corrected chi connectivity index (χ1v) is 4.81. The average molecular weight is 209 g/mol. The Labute approximate surface area is 87.5 Å². The summed E-state index contributed by atoms with van der Waals surface area (Å²) >= 11 is 0. The molecule has 1 atom stereocenters. The van der Waals surface area contributed by atoms with Crippen molar-refractivity contribution >= 4 is 12.0 Å². The molecule has 0 N–H and O–H groups in total. The third-order valence-corrected chi connectivity index (χ3v) is 2.46. The molecular formula is C11H12FNO2. The fraction of sp³-hybridized carbons (Fsp3) is 0.364. The van der Waals surface area contributed by atoms with Gasteiger partial charge in [-0.15, -0.1) is 0 Å². The van der Waals surface area contributed by atoms with Crippen LogP contribution < -0.4 is 9.64 Å². The molecule has 0 saturated carbocycles. The van der Waals surface area contributed by atoms with Gasteiger partial charge in [0.15, 0.2) is 0 Å². The summed E-state index contributed by atoms with van der Waals surface area (Å²) in [5.41, 5.74) is 0.733. The Morgan fingerprint density at radius 2 is 2.47 bits per heavy atom. The third kappa shape index (κ3) is 1.93. The molecule has 0 radical (unpaired) electrons. The van der Waals surface area contributed by atoms with Crippen LogP contribution in [0.25, 0.3) is 0 Å². The van der Waals surface area contributed by atoms with E-state index >= 15 is 0 Å². The molecule has 0 aromatic heterocycles. The smallest absolute Gasteiger partial charge is 0.143 e. The van der Waals surface area contributed by atoms with Crippen molar-refractivity contribution in [3.8, 4) is 5.75 Å². The molecule has 80 valence electrons. The van der Waals surface area contributed by atoms with Crippen LogP contribution in [0.3, 0.4) is 0 Å². The summed E-state index contributed by atoms with van der Waals surface area (Å²) in [5.74, 6) is 0.357. The Bertz CT molecular complexity index is 381. The van der Waals surface area contributed by atoms with Crippen molar-refractivity contribution in [3.05, 3.63) is 24.0 Å². The van der Waals surface area contributed by atoms with E-state index in [1.807, 2.05) is 11.9 Å². The molecule has 0 spiro atoms. The number of fused-ring (bicyclic) bond motifs is 1. The molecule has 0 saturated heterocycles. The minimum Gasteiger partial charge on any atom is -0.486 e. The second-order valence-electron chi connectivity index (χ2n) is 3.63. The molecule has 0 unspecified atom stereocenters. The maximum absolute atomic E-state index is 13.0. The quantitative estimate of drug-likeness (QED) is 0.693. The van der Waals surface area contributed by atoms with Gasteiger partial charge in [0.1, 0.15) is 24.0 Å². The molecule has 1 aliphatic heterocycles. The van der Waals surface area contributed by atoms with Gasteiger partial charge < -0.3 is 14.4 Å². The monoisotopic (exact) mass is 209 g/mol. The van der Waals surface area contributed by atoms with Gasteiger partial charge in [0.05, 0.1) is 12.2 Å². The summed E-state index contributed by atoms with van der Waals surface area (Å²) in [6.07, 6.45) is 1.07. The van der Waals surface area contributed by atoms with E-state index in [0.717, 1.165) is 12.0 Å². The number of halogens is 1. The number of rotatable bonds is 2. The first-order chi connectivity index (χ1) is 7.20. The van der Waals surface area contributed by atoms with E-state index in [1.54, 1.807) is 6.07 Å². The van der Waals surface area contributed by atoms with E-state index in [-0.39, 0.29) is 11.9 Å². The number of anilines is 1. The Kier molecular flexibility index (Phi) is 2.58. The molecular weight excluding hydrogens is 197 g/mol. The van der Waals surface area contributed by atoms with E-state index < -0.39 is 0 Å². The van der Waals surface area contributed by atoms with E-state index in [0.29, 0.717) is 18.7 Å². The van der Waals surface area contributed by atoms with Crippen molar-refractivity contribution in [3.63, 3.8) is 0 Å². The zero-order chi connectivity index (χ0) is 10.8. The molecule has 0 aliphatic carbocycles. The van der Waals surface area contributed by atoms with E-state index in [2.05, 4.69) is 0 Å². The minimum absolute atomic E-state index is 0.134. The highest BCUT2D eigenvalue weighted by Gasteiger charge is 2.23. The van der Waals surface area contributed by atoms with Crippen LogP contribution in [0.15, 0.2) is 18.2 Å². The number of hydrogen-bond acceptors (Lipinski definition) is 3. The van der Waals surface area contributed by atoms with Crippen molar-refractivity contribution in [2.75, 3.05) is 18.5 Å². The summed E-state index contributed by atoms with van der Waals surface area (Å²) in [6.45, 7) is 0.606. The molecule has 0 amide bonds. The third-order valence-electron chi connectivity index (χ3n) is 2.46. The average Bonchev–Trinajstić information content (AvgIpc) is 2.20. The van der Waals surface area contributed by atoms with Gasteiger partial charge >= 0.3 is 0 Å². The van der Waals surface area contributed by atoms with Crippen molar-refractivity contribution in [2.24, 2.45) is 0 Å². The molecule has 3 nitrogen and oxygen atoms in total. The fourth-order valence-electron chi connectivity index (χ4n) is 1.74. The van der Waals surface area contributed by atoms with Crippen LogP contribution in [0.1, 0.15) is 6.42 Å². The summed E-state index contributed by atoms with van der Waals surface area (Å²) in [6, 6.07) is 4.39. The van der Waals surface area contributed by atoms with Crippen molar-refractivity contribution in [2.45, 2.75) is 12.5 Å². The minimum atomic E-state index is -0.280. The molecule has 1 heterocycles. The standard InChI is InChI=1S/C11H12FNO2/c1-13-7-9(4-5-14)15-11-3-2-8(12)6-10(11)13/h2-3,5-6,9H,4,7H2,1H3/t9-/m1/s1. The summed E-state index contributed by atoms with van der Waals surface area (Å²) in [4.78, 5) is 12.3. The van der Waals surface area contributed by atoms with Crippen LogP contribution in [0.4, 0.5) is 10.1 Å². The van der Waals surface area contributed by atoms with E-state index in [9.17, 15) is 9.18 Å². The molecule has 2 rings (SSSR count). The molecule has 0 bridgehead atoms. The Morgan fingerprint density at radius 3 is 3.20 bits per heavy atom. The van der Waals surface area contributed by atoms with Gasteiger partial charge in [-0.05, 0) is 12.1 Å². The van der Waals surface area contributed by atoms with E-state index in [1.165, 1.54) is 12.1 Å². The molecule has 0 fully saturated rings. The zero-order valence-corrected chi connectivity index (χ0v) is 8.44. The molecule has 15 heavy (non-hydrogen) atoms. The van der Waals surface area contributed by atoms with Crippen molar-refractivity contribution in [1.29, 1.82) is 0 Å². The second-order valence-corrected chi connectivity index (χ2v) is 3.63. The van der Waals surface area contributed by atoms with E-state index in [4.69, 9.17) is 4.74 Å². The normalized spacial score (nSPS) is 19.3. The largest absolute Gasteiger partial charge is 0.486 e. The summed E-state index contributed by atoms with van der Waals surface area (Å²) in [7, 11) is 1.86. The van der Waals surface area contributed by atoms with Crippen molar-refractivity contribution in [1.82, 2.24) is 0 Å². The number of benzene rings is 1. The van der Waals surface area contributed by atoms with Crippen LogP contribution >= 0.6 is 0 Å². The SMILES string of the molecule is CN1C[C@@H](CC=O)Oc2ccc(F)cc21. The predicted molar refractivity (Wildman–Crippen MR) is 54.8 cm³/mol. The molecule has 1 aromatic rings. The first-order valence-electron chi connectivity index (χ1n) is 4.81. The number of nitrogens with zero attached hydrogens (tertiary/aromatic N) is 1. The van der Waals surface area contributed by atoms with Gasteiger partial charge in [-0.2, -0.15) is 0 Å². The molecule has 4 heteroatoms. The van der Waals surface area contributed by atoms with Crippen LogP contribution in [0.2, 0.25) is 0 Å². The maximum atomic E-state index is 13.0.